The number of hydrogen-bond donors (Lipinski definition) is 2. The summed E-state index contributed by atoms with van der Waals surface area (Å²) in [6.07, 6.45) is 0. The summed E-state index contributed by atoms with van der Waals surface area (Å²) in [6.45, 7) is 2.81. The van der Waals surface area contributed by atoms with Gasteiger partial charge < -0.3 is 10.2 Å². The minimum absolute atomic E-state index is 0.0309. The molecule has 7 nitrogen and oxygen atoms in total. The first-order valence-corrected chi connectivity index (χ1v) is 8.18. The molecule has 3 aromatic rings. The first-order chi connectivity index (χ1) is 11.8. The molecule has 0 amide bonds. The molecule has 0 bridgehead atoms. The third-order valence-electron chi connectivity index (χ3n) is 3.92. The van der Waals surface area contributed by atoms with Crippen LogP contribution in [0.4, 0.5) is 0 Å². The van der Waals surface area contributed by atoms with Crippen LogP contribution in [0.5, 0.6) is 0 Å². The number of nitrogens with zero attached hydrogens (tertiary/aromatic N) is 2. The Morgan fingerprint density at radius 3 is 2.48 bits per heavy atom. The fourth-order valence-electron chi connectivity index (χ4n) is 2.73. The molecule has 1 aromatic carbocycles. The van der Waals surface area contributed by atoms with Crippen LogP contribution >= 0.6 is 11.3 Å². The van der Waals surface area contributed by atoms with Gasteiger partial charge in [-0.1, -0.05) is 24.3 Å². The van der Waals surface area contributed by atoms with Crippen LogP contribution in [-0.4, -0.2) is 31.7 Å². The SMILES string of the molecule is Cc1ccccc1-c1nc2sc(C(=O)O)c(C)c2c(=O)n1CC(=O)O. The van der Waals surface area contributed by atoms with Crippen molar-refractivity contribution >= 4 is 33.5 Å². The van der Waals surface area contributed by atoms with Crippen LogP contribution in [0.2, 0.25) is 0 Å². The number of benzene rings is 1. The van der Waals surface area contributed by atoms with Crippen molar-refractivity contribution in [3.63, 3.8) is 0 Å². The van der Waals surface area contributed by atoms with Gasteiger partial charge in [0.05, 0.1) is 5.39 Å². The van der Waals surface area contributed by atoms with E-state index in [4.69, 9.17) is 0 Å². The number of hydrogen-bond acceptors (Lipinski definition) is 5. The first-order valence-electron chi connectivity index (χ1n) is 7.36. The average Bonchev–Trinajstić information content (AvgIpc) is 2.87. The summed E-state index contributed by atoms with van der Waals surface area (Å²) in [5.74, 6) is -2.09. The molecule has 128 valence electrons. The van der Waals surface area contributed by atoms with Gasteiger partial charge in [-0.3, -0.25) is 14.2 Å². The van der Waals surface area contributed by atoms with E-state index in [1.54, 1.807) is 12.1 Å². The number of aryl methyl sites for hydroxylation is 2. The van der Waals surface area contributed by atoms with Gasteiger partial charge in [0.2, 0.25) is 0 Å². The standard InChI is InChI=1S/C17H14N2O5S/c1-8-5-3-4-6-10(8)14-18-15-12(9(2)13(25-15)17(23)24)16(22)19(14)7-11(20)21/h3-6H,7H2,1-2H3,(H,20,21)(H,23,24). The van der Waals surface area contributed by atoms with E-state index in [-0.39, 0.29) is 16.1 Å². The molecule has 0 unspecified atom stereocenters. The predicted octanol–water partition coefficient (Wildman–Crippen LogP) is 2.52. The average molecular weight is 358 g/mol. The number of thiophene rings is 1. The number of aromatic nitrogens is 2. The minimum atomic E-state index is -1.18. The quantitative estimate of drug-likeness (QED) is 0.742. The topological polar surface area (TPSA) is 109 Å². The summed E-state index contributed by atoms with van der Waals surface area (Å²) in [4.78, 5) is 40.3. The molecular weight excluding hydrogens is 344 g/mol. The van der Waals surface area contributed by atoms with Crippen LogP contribution in [0, 0.1) is 13.8 Å². The second-order valence-corrected chi connectivity index (χ2v) is 6.58. The van der Waals surface area contributed by atoms with Crippen molar-refractivity contribution in [2.24, 2.45) is 0 Å². The molecule has 0 saturated heterocycles. The van der Waals surface area contributed by atoms with E-state index in [0.717, 1.165) is 21.5 Å². The molecule has 2 heterocycles. The number of carboxylic acid groups (broad SMARTS) is 2. The second-order valence-electron chi connectivity index (χ2n) is 5.58. The molecule has 0 atom stereocenters. The highest BCUT2D eigenvalue weighted by Crippen LogP contribution is 2.30. The Kier molecular flexibility index (Phi) is 4.13. The summed E-state index contributed by atoms with van der Waals surface area (Å²) in [5.41, 5.74) is 1.22. The number of aromatic carboxylic acids is 1. The zero-order valence-corrected chi connectivity index (χ0v) is 14.3. The van der Waals surface area contributed by atoms with Gasteiger partial charge in [0.1, 0.15) is 22.1 Å². The number of carboxylic acids is 2. The van der Waals surface area contributed by atoms with E-state index < -0.39 is 24.0 Å². The van der Waals surface area contributed by atoms with Gasteiger partial charge >= 0.3 is 11.9 Å². The number of fused-ring (bicyclic) bond motifs is 1. The highest BCUT2D eigenvalue weighted by molar-refractivity contribution is 7.20. The lowest BCUT2D eigenvalue weighted by Crippen LogP contribution is -2.27. The molecular formula is C17H14N2O5S. The van der Waals surface area contributed by atoms with Crippen LogP contribution in [0.1, 0.15) is 20.8 Å². The monoisotopic (exact) mass is 358 g/mol. The van der Waals surface area contributed by atoms with Crippen molar-refractivity contribution < 1.29 is 19.8 Å². The molecule has 2 N–H and O–H groups in total. The molecule has 3 rings (SSSR count). The number of rotatable bonds is 4. The summed E-state index contributed by atoms with van der Waals surface area (Å²) >= 11 is 0.917. The van der Waals surface area contributed by atoms with Crippen LogP contribution in [-0.2, 0) is 11.3 Å². The highest BCUT2D eigenvalue weighted by atomic mass is 32.1. The lowest BCUT2D eigenvalue weighted by Gasteiger charge is -2.12. The smallest absolute Gasteiger partial charge is 0.346 e. The summed E-state index contributed by atoms with van der Waals surface area (Å²) < 4.78 is 1.08. The largest absolute Gasteiger partial charge is 0.480 e. The van der Waals surface area contributed by atoms with E-state index in [9.17, 15) is 24.6 Å². The molecule has 25 heavy (non-hydrogen) atoms. The van der Waals surface area contributed by atoms with Crippen molar-refractivity contribution in [1.82, 2.24) is 9.55 Å². The summed E-state index contributed by atoms with van der Waals surface area (Å²) in [6, 6.07) is 7.18. The maximum atomic E-state index is 12.9. The fraction of sp³-hybridized carbons (Fsp3) is 0.176. The molecule has 0 fully saturated rings. The Hall–Kier alpha value is -3.00. The Morgan fingerprint density at radius 1 is 1.20 bits per heavy atom. The van der Waals surface area contributed by atoms with E-state index in [1.807, 2.05) is 19.1 Å². The van der Waals surface area contributed by atoms with Gasteiger partial charge in [0.25, 0.3) is 5.56 Å². The fourth-order valence-corrected chi connectivity index (χ4v) is 3.74. The number of aliphatic carboxylic acids is 1. The lowest BCUT2D eigenvalue weighted by molar-refractivity contribution is -0.137. The predicted molar refractivity (Wildman–Crippen MR) is 93.4 cm³/mol. The van der Waals surface area contributed by atoms with E-state index in [0.29, 0.717) is 16.0 Å². The van der Waals surface area contributed by atoms with Crippen LogP contribution in [0.15, 0.2) is 29.1 Å². The maximum Gasteiger partial charge on any atom is 0.346 e. The third kappa shape index (κ3) is 2.80. The van der Waals surface area contributed by atoms with Crippen molar-refractivity contribution in [3.8, 4) is 11.4 Å². The Morgan fingerprint density at radius 2 is 1.88 bits per heavy atom. The van der Waals surface area contributed by atoms with Crippen molar-refractivity contribution in [2.75, 3.05) is 0 Å². The Bertz CT molecular complexity index is 1080. The second kappa shape index (κ2) is 6.14. The van der Waals surface area contributed by atoms with Gasteiger partial charge in [-0.05, 0) is 25.0 Å². The molecule has 2 aromatic heterocycles. The molecule has 0 spiro atoms. The zero-order valence-electron chi connectivity index (χ0n) is 13.4. The third-order valence-corrected chi connectivity index (χ3v) is 5.10. The highest BCUT2D eigenvalue weighted by Gasteiger charge is 2.23. The first kappa shape index (κ1) is 16.8. The number of carbonyl (C=O) groups is 2. The van der Waals surface area contributed by atoms with Gasteiger partial charge in [0, 0.05) is 5.56 Å². The Labute approximate surface area is 145 Å². The minimum Gasteiger partial charge on any atom is -0.480 e. The summed E-state index contributed by atoms with van der Waals surface area (Å²) in [7, 11) is 0. The van der Waals surface area contributed by atoms with Gasteiger partial charge in [-0.25, -0.2) is 9.78 Å². The summed E-state index contributed by atoms with van der Waals surface area (Å²) in [5, 5.41) is 18.6. The van der Waals surface area contributed by atoms with Crippen molar-refractivity contribution in [3.05, 3.63) is 50.6 Å². The maximum absolute atomic E-state index is 12.9. The molecule has 0 aliphatic rings. The molecule has 0 aliphatic heterocycles. The van der Waals surface area contributed by atoms with Gasteiger partial charge in [-0.15, -0.1) is 11.3 Å². The van der Waals surface area contributed by atoms with E-state index in [1.165, 1.54) is 6.92 Å². The lowest BCUT2D eigenvalue weighted by atomic mass is 10.1. The molecule has 0 aliphatic carbocycles. The van der Waals surface area contributed by atoms with E-state index >= 15 is 0 Å². The molecule has 0 radical (unpaired) electrons. The zero-order chi connectivity index (χ0) is 18.3. The van der Waals surface area contributed by atoms with Crippen molar-refractivity contribution in [1.29, 1.82) is 0 Å². The molecule has 8 heteroatoms. The molecule has 0 saturated carbocycles. The van der Waals surface area contributed by atoms with Crippen LogP contribution in [0.25, 0.3) is 21.6 Å². The van der Waals surface area contributed by atoms with E-state index in [2.05, 4.69) is 4.98 Å². The van der Waals surface area contributed by atoms with Crippen molar-refractivity contribution in [2.45, 2.75) is 20.4 Å². The van der Waals surface area contributed by atoms with Gasteiger partial charge in [-0.2, -0.15) is 0 Å². The Balaban J connectivity index is 2.44. The van der Waals surface area contributed by atoms with Crippen LogP contribution in [0.3, 0.4) is 0 Å². The van der Waals surface area contributed by atoms with Gasteiger partial charge in [0.15, 0.2) is 0 Å². The normalized spacial score (nSPS) is 11.0. The van der Waals surface area contributed by atoms with Crippen LogP contribution < -0.4 is 5.56 Å².